The lowest BCUT2D eigenvalue weighted by atomic mass is 10.2. The molecule has 1 aliphatic heterocycles. The van der Waals surface area contributed by atoms with Crippen molar-refractivity contribution >= 4 is 16.8 Å². The number of aromatic nitrogens is 2. The fourth-order valence-electron chi connectivity index (χ4n) is 2.71. The minimum absolute atomic E-state index is 0.0567. The van der Waals surface area contributed by atoms with Gasteiger partial charge in [-0.15, -0.1) is 0 Å². The van der Waals surface area contributed by atoms with E-state index in [2.05, 4.69) is 35.5 Å². The number of amides is 1. The lowest BCUT2D eigenvalue weighted by Crippen LogP contribution is -2.32. The highest BCUT2D eigenvalue weighted by Crippen LogP contribution is 2.15. The van der Waals surface area contributed by atoms with Crippen molar-refractivity contribution in [1.29, 1.82) is 0 Å². The number of aryl methyl sites for hydroxylation is 2. The van der Waals surface area contributed by atoms with Crippen LogP contribution in [0.15, 0.2) is 24.4 Å². The van der Waals surface area contributed by atoms with Gasteiger partial charge in [-0.25, -0.2) is 0 Å². The molecule has 5 nitrogen and oxygen atoms in total. The first-order valence-electron chi connectivity index (χ1n) is 7.53. The van der Waals surface area contributed by atoms with Crippen LogP contribution < -0.4 is 5.32 Å². The van der Waals surface area contributed by atoms with E-state index in [0.29, 0.717) is 19.5 Å². The first-order valence-corrected chi connectivity index (χ1v) is 7.53. The topological polar surface area (TPSA) is 56.2 Å². The average Bonchev–Trinajstić information content (AvgIpc) is 3.12. The van der Waals surface area contributed by atoms with Crippen molar-refractivity contribution < 1.29 is 9.53 Å². The summed E-state index contributed by atoms with van der Waals surface area (Å²) in [6, 6.07) is 6.23. The largest absolute Gasteiger partial charge is 0.376 e. The van der Waals surface area contributed by atoms with Gasteiger partial charge in [0.25, 0.3) is 0 Å². The van der Waals surface area contributed by atoms with E-state index in [4.69, 9.17) is 4.74 Å². The van der Waals surface area contributed by atoms with Gasteiger partial charge in [0.2, 0.25) is 5.91 Å². The molecule has 21 heavy (non-hydrogen) atoms. The molecule has 1 atom stereocenters. The molecule has 1 unspecified atom stereocenters. The Morgan fingerprint density at radius 2 is 2.43 bits per heavy atom. The van der Waals surface area contributed by atoms with Crippen molar-refractivity contribution in [2.45, 2.75) is 38.8 Å². The standard InChI is InChI=1S/C16H21N3O2/c1-12-4-5-15-13(9-12)10-18-19(15)7-6-16(20)17-11-14-3-2-8-21-14/h4-5,9-10,14H,2-3,6-8,11H2,1H3,(H,17,20). The summed E-state index contributed by atoms with van der Waals surface area (Å²) in [5.41, 5.74) is 2.30. The second-order valence-electron chi connectivity index (χ2n) is 5.62. The summed E-state index contributed by atoms with van der Waals surface area (Å²) < 4.78 is 7.38. The van der Waals surface area contributed by atoms with Crippen LogP contribution in [0.3, 0.4) is 0 Å². The zero-order chi connectivity index (χ0) is 14.7. The third kappa shape index (κ3) is 3.42. The van der Waals surface area contributed by atoms with Gasteiger partial charge in [-0.1, -0.05) is 11.6 Å². The lowest BCUT2D eigenvalue weighted by molar-refractivity contribution is -0.121. The minimum atomic E-state index is 0.0567. The molecule has 1 N–H and O–H groups in total. The Morgan fingerprint density at radius 3 is 3.24 bits per heavy atom. The first kappa shape index (κ1) is 14.1. The van der Waals surface area contributed by atoms with Crippen molar-refractivity contribution in [2.75, 3.05) is 13.2 Å². The van der Waals surface area contributed by atoms with Crippen LogP contribution >= 0.6 is 0 Å². The Morgan fingerprint density at radius 1 is 1.52 bits per heavy atom. The van der Waals surface area contributed by atoms with Crippen LogP contribution in [0.2, 0.25) is 0 Å². The molecular formula is C16H21N3O2. The summed E-state index contributed by atoms with van der Waals surface area (Å²) in [4.78, 5) is 11.9. The molecular weight excluding hydrogens is 266 g/mol. The normalized spacial score (nSPS) is 18.2. The monoisotopic (exact) mass is 287 g/mol. The molecule has 5 heteroatoms. The number of carbonyl (C=O) groups excluding carboxylic acids is 1. The highest BCUT2D eigenvalue weighted by molar-refractivity contribution is 5.80. The van der Waals surface area contributed by atoms with E-state index in [9.17, 15) is 4.79 Å². The van der Waals surface area contributed by atoms with E-state index in [1.165, 1.54) is 5.56 Å². The molecule has 0 bridgehead atoms. The van der Waals surface area contributed by atoms with Crippen LogP contribution in [0.25, 0.3) is 10.9 Å². The first-order chi connectivity index (χ1) is 10.2. The molecule has 2 aromatic rings. The van der Waals surface area contributed by atoms with Crippen LogP contribution in [-0.2, 0) is 16.1 Å². The Hall–Kier alpha value is -1.88. The Labute approximate surface area is 124 Å². The molecule has 1 fully saturated rings. The van der Waals surface area contributed by atoms with E-state index in [1.807, 2.05) is 10.9 Å². The van der Waals surface area contributed by atoms with E-state index in [1.54, 1.807) is 0 Å². The van der Waals surface area contributed by atoms with Gasteiger partial charge in [0, 0.05) is 25.0 Å². The number of nitrogens with zero attached hydrogens (tertiary/aromatic N) is 2. The minimum Gasteiger partial charge on any atom is -0.376 e. The number of benzene rings is 1. The van der Waals surface area contributed by atoms with Gasteiger partial charge in [-0.05, 0) is 31.9 Å². The van der Waals surface area contributed by atoms with Gasteiger partial charge in [0.15, 0.2) is 0 Å². The lowest BCUT2D eigenvalue weighted by Gasteiger charge is -2.11. The smallest absolute Gasteiger partial charge is 0.221 e. The third-order valence-corrected chi connectivity index (χ3v) is 3.90. The summed E-state index contributed by atoms with van der Waals surface area (Å²) in [6.45, 7) is 4.11. The van der Waals surface area contributed by atoms with Crippen molar-refractivity contribution in [1.82, 2.24) is 15.1 Å². The van der Waals surface area contributed by atoms with Gasteiger partial charge < -0.3 is 10.1 Å². The maximum Gasteiger partial charge on any atom is 0.221 e. The molecule has 0 radical (unpaired) electrons. The Bertz CT molecular complexity index is 629. The maximum atomic E-state index is 11.9. The van der Waals surface area contributed by atoms with Gasteiger partial charge in [0.1, 0.15) is 0 Å². The molecule has 1 aliphatic rings. The molecule has 1 aromatic heterocycles. The van der Waals surface area contributed by atoms with Crippen molar-refractivity contribution in [3.8, 4) is 0 Å². The van der Waals surface area contributed by atoms with Crippen molar-refractivity contribution in [2.24, 2.45) is 0 Å². The molecule has 3 rings (SSSR count). The number of nitrogens with one attached hydrogen (secondary N) is 1. The van der Waals surface area contributed by atoms with Crippen molar-refractivity contribution in [3.05, 3.63) is 30.0 Å². The predicted octanol–water partition coefficient (Wildman–Crippen LogP) is 2.03. The molecule has 0 aliphatic carbocycles. The fraction of sp³-hybridized carbons (Fsp3) is 0.500. The highest BCUT2D eigenvalue weighted by atomic mass is 16.5. The maximum absolute atomic E-state index is 11.9. The summed E-state index contributed by atoms with van der Waals surface area (Å²) in [6.07, 6.45) is 4.63. The van der Waals surface area contributed by atoms with E-state index in [-0.39, 0.29) is 12.0 Å². The average molecular weight is 287 g/mol. The van der Waals surface area contributed by atoms with Crippen LogP contribution in [0.4, 0.5) is 0 Å². The summed E-state index contributed by atoms with van der Waals surface area (Å²) in [5, 5.41) is 8.42. The van der Waals surface area contributed by atoms with Crippen LogP contribution in [0.5, 0.6) is 0 Å². The second-order valence-corrected chi connectivity index (χ2v) is 5.62. The van der Waals surface area contributed by atoms with E-state index in [0.717, 1.165) is 30.4 Å². The number of hydrogen-bond acceptors (Lipinski definition) is 3. The SMILES string of the molecule is Cc1ccc2c(cnn2CCC(=O)NCC2CCCO2)c1. The molecule has 0 spiro atoms. The second kappa shape index (κ2) is 6.26. The number of rotatable bonds is 5. The van der Waals surface area contributed by atoms with E-state index >= 15 is 0 Å². The number of ether oxygens (including phenoxy) is 1. The molecule has 1 amide bonds. The molecule has 0 saturated carbocycles. The summed E-state index contributed by atoms with van der Waals surface area (Å²) in [5.74, 6) is 0.0567. The number of fused-ring (bicyclic) bond motifs is 1. The van der Waals surface area contributed by atoms with Gasteiger partial charge in [0.05, 0.1) is 24.4 Å². The number of hydrogen-bond donors (Lipinski definition) is 1. The highest BCUT2D eigenvalue weighted by Gasteiger charge is 2.16. The third-order valence-electron chi connectivity index (χ3n) is 3.90. The van der Waals surface area contributed by atoms with Crippen LogP contribution in [0, 0.1) is 6.92 Å². The molecule has 112 valence electrons. The van der Waals surface area contributed by atoms with Crippen molar-refractivity contribution in [3.63, 3.8) is 0 Å². The molecule has 1 aromatic carbocycles. The zero-order valence-corrected chi connectivity index (χ0v) is 12.3. The Kier molecular flexibility index (Phi) is 4.20. The van der Waals surface area contributed by atoms with E-state index < -0.39 is 0 Å². The Balaban J connectivity index is 1.52. The molecule has 2 heterocycles. The number of carbonyl (C=O) groups is 1. The van der Waals surface area contributed by atoms with Gasteiger partial charge in [-0.3, -0.25) is 9.48 Å². The fourth-order valence-corrected chi connectivity index (χ4v) is 2.71. The summed E-state index contributed by atoms with van der Waals surface area (Å²) >= 11 is 0. The van der Waals surface area contributed by atoms with Crippen LogP contribution in [-0.4, -0.2) is 34.9 Å². The predicted molar refractivity (Wildman–Crippen MR) is 81.1 cm³/mol. The van der Waals surface area contributed by atoms with Gasteiger partial charge >= 0.3 is 0 Å². The van der Waals surface area contributed by atoms with Gasteiger partial charge in [-0.2, -0.15) is 5.10 Å². The molecule has 1 saturated heterocycles. The van der Waals surface area contributed by atoms with Crippen LogP contribution in [0.1, 0.15) is 24.8 Å². The quantitative estimate of drug-likeness (QED) is 0.915. The zero-order valence-electron chi connectivity index (χ0n) is 12.3. The summed E-state index contributed by atoms with van der Waals surface area (Å²) in [7, 11) is 0.